The summed E-state index contributed by atoms with van der Waals surface area (Å²) >= 11 is 3.79. The molecule has 0 aromatic heterocycles. The summed E-state index contributed by atoms with van der Waals surface area (Å²) in [5, 5.41) is 2.22. The zero-order chi connectivity index (χ0) is 8.65. The van der Waals surface area contributed by atoms with Gasteiger partial charge in [0, 0.05) is 0 Å². The molecule has 1 saturated heterocycles. The van der Waals surface area contributed by atoms with E-state index in [1.807, 2.05) is 0 Å². The molecule has 2 unspecified atom stereocenters. The number of rotatable bonds is 2. The molecular weight excluding hydrogens is 179 g/mol. The first-order valence-electron chi connectivity index (χ1n) is 3.07. The van der Waals surface area contributed by atoms with Crippen LogP contribution in [0.15, 0.2) is 0 Å². The van der Waals surface area contributed by atoms with E-state index in [-0.39, 0.29) is 5.44 Å². The van der Waals surface area contributed by atoms with Crippen LogP contribution in [0.1, 0.15) is 6.92 Å². The van der Waals surface area contributed by atoms with Gasteiger partial charge in [-0.2, -0.15) is 13.2 Å². The predicted octanol–water partition coefficient (Wildman–Crippen LogP) is 1.14. The number of hydrogen-bond donors (Lipinski definition) is 2. The Kier molecular flexibility index (Phi) is 2.36. The number of halogens is 3. The van der Waals surface area contributed by atoms with Crippen molar-refractivity contribution in [2.24, 2.45) is 0 Å². The number of ether oxygens (including phenoxy) is 1. The Morgan fingerprint density at radius 2 is 2.00 bits per heavy atom. The van der Waals surface area contributed by atoms with Crippen molar-refractivity contribution in [2.75, 3.05) is 0 Å². The van der Waals surface area contributed by atoms with Gasteiger partial charge in [0.15, 0.2) is 0 Å². The quantitative estimate of drug-likeness (QED) is 0.500. The monoisotopic (exact) mass is 187 g/mol. The van der Waals surface area contributed by atoms with Gasteiger partial charge in [-0.3, -0.25) is 5.32 Å². The zero-order valence-electron chi connectivity index (χ0n) is 5.72. The predicted molar refractivity (Wildman–Crippen MR) is 36.3 cm³/mol. The third kappa shape index (κ3) is 2.53. The second-order valence-corrected chi connectivity index (χ2v) is 2.89. The average molecular weight is 187 g/mol. The maximum absolute atomic E-state index is 11.8. The van der Waals surface area contributed by atoms with Crippen LogP contribution in [0.5, 0.6) is 0 Å². The van der Waals surface area contributed by atoms with Crippen LogP contribution in [0.4, 0.5) is 13.2 Å². The molecule has 0 saturated carbocycles. The highest BCUT2D eigenvalue weighted by molar-refractivity contribution is 7.81. The first-order chi connectivity index (χ1) is 4.91. The number of epoxide rings is 1. The second kappa shape index (κ2) is 2.84. The summed E-state index contributed by atoms with van der Waals surface area (Å²) in [6, 6.07) is -1.54. The third-order valence-electron chi connectivity index (χ3n) is 1.37. The van der Waals surface area contributed by atoms with E-state index in [0.29, 0.717) is 0 Å². The Hall–Kier alpha value is 0.0600. The summed E-state index contributed by atoms with van der Waals surface area (Å²) in [6.07, 6.45) is -4.76. The van der Waals surface area contributed by atoms with E-state index < -0.39 is 18.4 Å². The van der Waals surface area contributed by atoms with E-state index in [1.54, 1.807) is 0 Å². The Morgan fingerprint density at radius 1 is 1.55 bits per heavy atom. The first-order valence-corrected chi connectivity index (χ1v) is 3.59. The number of alkyl halides is 3. The molecule has 0 spiro atoms. The highest BCUT2D eigenvalue weighted by Gasteiger charge is 2.43. The summed E-state index contributed by atoms with van der Waals surface area (Å²) < 4.78 is 40.1. The Balaban J connectivity index is 2.26. The van der Waals surface area contributed by atoms with Crippen LogP contribution in [0.3, 0.4) is 0 Å². The van der Waals surface area contributed by atoms with Crippen molar-refractivity contribution < 1.29 is 17.9 Å². The molecule has 1 N–H and O–H groups in total. The molecule has 0 radical (unpaired) electrons. The van der Waals surface area contributed by atoms with Gasteiger partial charge in [0.1, 0.15) is 17.7 Å². The van der Waals surface area contributed by atoms with Gasteiger partial charge < -0.3 is 4.74 Å². The van der Waals surface area contributed by atoms with Gasteiger partial charge in [-0.05, 0) is 6.92 Å². The molecule has 1 aliphatic heterocycles. The smallest absolute Gasteiger partial charge is 0.342 e. The van der Waals surface area contributed by atoms with Gasteiger partial charge in [-0.25, -0.2) is 0 Å². The maximum Gasteiger partial charge on any atom is 0.403 e. The van der Waals surface area contributed by atoms with Crippen LogP contribution in [-0.2, 0) is 4.74 Å². The lowest BCUT2D eigenvalue weighted by Gasteiger charge is -2.15. The van der Waals surface area contributed by atoms with Crippen molar-refractivity contribution in [3.63, 3.8) is 0 Å². The van der Waals surface area contributed by atoms with Crippen molar-refractivity contribution in [1.82, 2.24) is 5.32 Å². The van der Waals surface area contributed by atoms with Crippen molar-refractivity contribution in [3.05, 3.63) is 0 Å². The van der Waals surface area contributed by atoms with Gasteiger partial charge in [-0.15, -0.1) is 12.6 Å². The largest absolute Gasteiger partial charge is 0.403 e. The molecule has 0 aromatic rings. The molecular formula is C5H8F3NOS. The zero-order valence-corrected chi connectivity index (χ0v) is 6.62. The Labute approximate surface area is 67.5 Å². The van der Waals surface area contributed by atoms with Crippen LogP contribution >= 0.6 is 12.6 Å². The SMILES string of the molecule is C[C@@H](NC1OC1S)C(F)(F)F. The summed E-state index contributed by atoms with van der Waals surface area (Å²) in [7, 11) is 0. The minimum Gasteiger partial charge on any atom is -0.342 e. The normalized spacial score (nSPS) is 33.5. The van der Waals surface area contributed by atoms with Crippen LogP contribution in [0.25, 0.3) is 0 Å². The molecule has 2 nitrogen and oxygen atoms in total. The molecule has 3 atom stereocenters. The molecule has 0 bridgehead atoms. The molecule has 6 heteroatoms. The molecule has 1 rings (SSSR count). The van der Waals surface area contributed by atoms with E-state index in [2.05, 4.69) is 22.7 Å². The van der Waals surface area contributed by atoms with Gasteiger partial charge in [-0.1, -0.05) is 0 Å². The minimum absolute atomic E-state index is 0.389. The highest BCUT2D eigenvalue weighted by Crippen LogP contribution is 2.27. The standard InChI is InChI=1S/C5H8F3NOS/c1-2(5(6,7)8)9-3-4(11)10-3/h2-4,9,11H,1H3/t2-,3?,4?/m1/s1. The van der Waals surface area contributed by atoms with Crippen molar-refractivity contribution in [3.8, 4) is 0 Å². The fraction of sp³-hybridized carbons (Fsp3) is 1.00. The Morgan fingerprint density at radius 3 is 2.27 bits per heavy atom. The van der Waals surface area contributed by atoms with Gasteiger partial charge >= 0.3 is 6.18 Å². The maximum atomic E-state index is 11.8. The lowest BCUT2D eigenvalue weighted by atomic mass is 10.3. The molecule has 0 amide bonds. The highest BCUT2D eigenvalue weighted by atomic mass is 32.1. The fourth-order valence-electron chi connectivity index (χ4n) is 0.567. The van der Waals surface area contributed by atoms with Crippen LogP contribution in [0, 0.1) is 0 Å². The van der Waals surface area contributed by atoms with E-state index >= 15 is 0 Å². The summed E-state index contributed by atoms with van der Waals surface area (Å²) in [5.41, 5.74) is -0.389. The molecule has 66 valence electrons. The number of nitrogens with one attached hydrogen (secondary N) is 1. The van der Waals surface area contributed by atoms with Gasteiger partial charge in [0.05, 0.1) is 0 Å². The molecule has 1 heterocycles. The van der Waals surface area contributed by atoms with Crippen LogP contribution in [0.2, 0.25) is 0 Å². The summed E-state index contributed by atoms with van der Waals surface area (Å²) in [5.74, 6) is 0. The summed E-state index contributed by atoms with van der Waals surface area (Å²) in [6.45, 7) is 1.04. The average Bonchev–Trinajstić information content (AvgIpc) is 2.44. The summed E-state index contributed by atoms with van der Waals surface area (Å²) in [4.78, 5) is 0. The van der Waals surface area contributed by atoms with Gasteiger partial charge in [0.25, 0.3) is 0 Å². The third-order valence-corrected chi connectivity index (χ3v) is 1.77. The van der Waals surface area contributed by atoms with E-state index in [0.717, 1.165) is 6.92 Å². The topological polar surface area (TPSA) is 24.6 Å². The van der Waals surface area contributed by atoms with Gasteiger partial charge in [0.2, 0.25) is 0 Å². The lowest BCUT2D eigenvalue weighted by molar-refractivity contribution is -0.153. The fourth-order valence-corrected chi connectivity index (χ4v) is 0.785. The van der Waals surface area contributed by atoms with Crippen molar-refractivity contribution in [1.29, 1.82) is 0 Å². The lowest BCUT2D eigenvalue weighted by Crippen LogP contribution is -2.41. The van der Waals surface area contributed by atoms with Crippen LogP contribution < -0.4 is 5.32 Å². The minimum atomic E-state index is -4.21. The Bertz CT molecular complexity index is 151. The van der Waals surface area contributed by atoms with E-state index in [1.165, 1.54) is 0 Å². The van der Waals surface area contributed by atoms with E-state index in [9.17, 15) is 13.2 Å². The number of thiol groups is 1. The molecule has 0 aromatic carbocycles. The van der Waals surface area contributed by atoms with Crippen LogP contribution in [-0.4, -0.2) is 23.9 Å². The molecule has 1 aliphatic rings. The first kappa shape index (κ1) is 9.15. The molecule has 0 aliphatic carbocycles. The number of hydrogen-bond acceptors (Lipinski definition) is 3. The molecule has 11 heavy (non-hydrogen) atoms. The second-order valence-electron chi connectivity index (χ2n) is 2.38. The van der Waals surface area contributed by atoms with Crippen molar-refractivity contribution in [2.45, 2.75) is 30.8 Å². The van der Waals surface area contributed by atoms with Crippen molar-refractivity contribution >= 4 is 12.6 Å². The van der Waals surface area contributed by atoms with E-state index in [4.69, 9.17) is 0 Å². The molecule has 1 fully saturated rings.